The Labute approximate surface area is 315 Å². The van der Waals surface area contributed by atoms with Crippen molar-refractivity contribution in [2.75, 3.05) is 26.4 Å². The first-order chi connectivity index (χ1) is 25.3. The summed E-state index contributed by atoms with van der Waals surface area (Å²) in [5.41, 5.74) is 5.33. The molecule has 52 heavy (non-hydrogen) atoms. The van der Waals surface area contributed by atoms with Crippen LogP contribution in [0, 0.1) is 0 Å². The largest absolute Gasteiger partial charge is 0.472 e. The zero-order valence-corrected chi connectivity index (χ0v) is 33.1. The van der Waals surface area contributed by atoms with Crippen molar-refractivity contribution in [1.82, 2.24) is 0 Å². The predicted molar refractivity (Wildman–Crippen MR) is 215 cm³/mol. The summed E-state index contributed by atoms with van der Waals surface area (Å²) in [6, 6.07) is 0. The van der Waals surface area contributed by atoms with Crippen LogP contribution in [0.5, 0.6) is 0 Å². The number of carbonyl (C=O) groups is 2. The second-order valence-electron chi connectivity index (χ2n) is 12.4. The lowest BCUT2D eigenvalue weighted by atomic mass is 10.1. The summed E-state index contributed by atoms with van der Waals surface area (Å²) in [6.07, 6.45) is 46.2. The molecule has 0 saturated carbocycles. The Kier molecular flexibility index (Phi) is 35.9. The Balaban J connectivity index is 4.36. The van der Waals surface area contributed by atoms with Gasteiger partial charge in [0.15, 0.2) is 6.10 Å². The van der Waals surface area contributed by atoms with Crippen molar-refractivity contribution in [2.45, 2.75) is 142 Å². The van der Waals surface area contributed by atoms with E-state index in [0.29, 0.717) is 12.8 Å². The van der Waals surface area contributed by atoms with Crippen molar-refractivity contribution in [1.29, 1.82) is 0 Å². The van der Waals surface area contributed by atoms with Gasteiger partial charge in [-0.1, -0.05) is 131 Å². The van der Waals surface area contributed by atoms with Gasteiger partial charge in [0.05, 0.1) is 13.2 Å². The lowest BCUT2D eigenvalue weighted by molar-refractivity contribution is -0.161. The number of phosphoric acid groups is 1. The average molecular weight is 748 g/mol. The van der Waals surface area contributed by atoms with Crippen molar-refractivity contribution >= 4 is 19.8 Å². The van der Waals surface area contributed by atoms with E-state index < -0.39 is 32.5 Å². The molecule has 0 aromatic heterocycles. The van der Waals surface area contributed by atoms with Gasteiger partial charge in [0, 0.05) is 19.4 Å². The van der Waals surface area contributed by atoms with Crippen molar-refractivity contribution in [3.63, 3.8) is 0 Å². The molecule has 0 spiro atoms. The van der Waals surface area contributed by atoms with Crippen LogP contribution in [0.2, 0.25) is 0 Å². The van der Waals surface area contributed by atoms with Gasteiger partial charge in [0.25, 0.3) is 0 Å². The maximum atomic E-state index is 12.5. The highest BCUT2D eigenvalue weighted by atomic mass is 31.2. The summed E-state index contributed by atoms with van der Waals surface area (Å²) in [4.78, 5) is 34.7. The molecule has 0 aliphatic heterocycles. The summed E-state index contributed by atoms with van der Waals surface area (Å²) < 4.78 is 32.6. The van der Waals surface area contributed by atoms with Crippen LogP contribution in [-0.2, 0) is 32.7 Å². The summed E-state index contributed by atoms with van der Waals surface area (Å²) in [5.74, 6) is -0.924. The standard InChI is InChI=1S/C42H70NO8P/c1-3-5-7-9-11-13-15-17-19-20-21-23-24-26-28-30-32-34-41(44)48-38-40(39-50-52(46,47)49-37-36-43)51-42(45)35-33-31-29-27-25-22-18-16-14-12-10-8-6-4-2/h5,7,10-13,16-19,21,23,26,28,40H,3-4,6,8-9,14-15,20,22,24-25,27,29-39,43H2,1-2H3,(H,46,47)/b7-5+,12-10+,13-11+,18-16+,19-17+,23-21+,28-26+/t40-/m1/s1. The highest BCUT2D eigenvalue weighted by Gasteiger charge is 2.25. The topological polar surface area (TPSA) is 134 Å². The highest BCUT2D eigenvalue weighted by molar-refractivity contribution is 7.47. The molecule has 0 amide bonds. The van der Waals surface area contributed by atoms with E-state index in [-0.39, 0.29) is 32.6 Å². The molecule has 0 bridgehead atoms. The molecule has 0 aliphatic rings. The molecular weight excluding hydrogens is 677 g/mol. The molecule has 2 atom stereocenters. The van der Waals surface area contributed by atoms with Crippen LogP contribution in [0.4, 0.5) is 0 Å². The minimum absolute atomic E-state index is 0.0387. The Morgan fingerprint density at radius 1 is 0.596 bits per heavy atom. The number of nitrogens with two attached hydrogens (primary N) is 1. The van der Waals surface area contributed by atoms with Gasteiger partial charge in [0.1, 0.15) is 6.61 Å². The van der Waals surface area contributed by atoms with E-state index in [1.165, 1.54) is 12.8 Å². The van der Waals surface area contributed by atoms with E-state index in [1.807, 2.05) is 6.08 Å². The number of ether oxygens (including phenoxy) is 2. The van der Waals surface area contributed by atoms with Crippen LogP contribution in [0.15, 0.2) is 85.1 Å². The fraction of sp³-hybridized carbons (Fsp3) is 0.619. The van der Waals surface area contributed by atoms with Crippen LogP contribution >= 0.6 is 7.82 Å². The summed E-state index contributed by atoms with van der Waals surface area (Å²) in [5, 5.41) is 0. The molecule has 0 heterocycles. The number of hydrogen-bond donors (Lipinski definition) is 2. The molecule has 0 saturated heterocycles. The van der Waals surface area contributed by atoms with Crippen LogP contribution in [0.1, 0.15) is 136 Å². The Hall–Kier alpha value is -2.81. The summed E-state index contributed by atoms with van der Waals surface area (Å²) >= 11 is 0. The van der Waals surface area contributed by atoms with Gasteiger partial charge in [-0.2, -0.15) is 0 Å². The van der Waals surface area contributed by atoms with Gasteiger partial charge in [-0.25, -0.2) is 4.57 Å². The van der Waals surface area contributed by atoms with Crippen molar-refractivity contribution in [3.05, 3.63) is 85.1 Å². The van der Waals surface area contributed by atoms with Crippen LogP contribution < -0.4 is 5.73 Å². The van der Waals surface area contributed by atoms with Gasteiger partial charge in [-0.05, 0) is 77.0 Å². The van der Waals surface area contributed by atoms with Crippen molar-refractivity contribution < 1.29 is 37.6 Å². The SMILES string of the molecule is CC/C=C/C/C=C/C/C=C/C/C=C/C/C=C/CCCC(=O)OC[C@H](COP(=O)(O)OCCN)OC(=O)CCCCCCC/C=C/C/C=C/CCCC. The van der Waals surface area contributed by atoms with E-state index in [9.17, 15) is 19.0 Å². The molecule has 0 aromatic carbocycles. The zero-order chi connectivity index (χ0) is 38.2. The first-order valence-corrected chi connectivity index (χ1v) is 21.1. The number of hydrogen-bond acceptors (Lipinski definition) is 8. The summed E-state index contributed by atoms with van der Waals surface area (Å²) in [7, 11) is -4.39. The normalized spacial score (nSPS) is 14.3. The van der Waals surface area contributed by atoms with Gasteiger partial charge in [-0.3, -0.25) is 18.6 Å². The van der Waals surface area contributed by atoms with Crippen molar-refractivity contribution in [2.24, 2.45) is 5.73 Å². The van der Waals surface area contributed by atoms with Gasteiger partial charge in [-0.15, -0.1) is 0 Å². The molecule has 0 aliphatic carbocycles. The van der Waals surface area contributed by atoms with Crippen molar-refractivity contribution in [3.8, 4) is 0 Å². The first kappa shape index (κ1) is 49.2. The van der Waals surface area contributed by atoms with Crippen LogP contribution in [0.3, 0.4) is 0 Å². The lowest BCUT2D eigenvalue weighted by Gasteiger charge is -2.19. The first-order valence-electron chi connectivity index (χ1n) is 19.6. The minimum Gasteiger partial charge on any atom is -0.462 e. The molecule has 10 heteroatoms. The molecule has 3 N–H and O–H groups in total. The third kappa shape index (κ3) is 37.0. The quantitative estimate of drug-likeness (QED) is 0.0281. The number of esters is 2. The Bertz CT molecular complexity index is 1130. The summed E-state index contributed by atoms with van der Waals surface area (Å²) in [6.45, 7) is 3.46. The zero-order valence-electron chi connectivity index (χ0n) is 32.3. The molecule has 0 radical (unpaired) electrons. The number of carbonyl (C=O) groups excluding carboxylic acids is 2. The second kappa shape index (κ2) is 37.9. The maximum Gasteiger partial charge on any atom is 0.472 e. The molecule has 0 aromatic rings. The third-order valence-electron chi connectivity index (χ3n) is 7.52. The molecule has 0 fully saturated rings. The number of unbranched alkanes of at least 4 members (excludes halogenated alkanes) is 8. The third-order valence-corrected chi connectivity index (χ3v) is 8.50. The number of allylic oxidation sites excluding steroid dienone is 14. The predicted octanol–water partition coefficient (Wildman–Crippen LogP) is 10.9. The van der Waals surface area contributed by atoms with E-state index in [4.69, 9.17) is 24.3 Å². The van der Waals surface area contributed by atoms with Crippen LogP contribution in [-0.4, -0.2) is 49.3 Å². The maximum absolute atomic E-state index is 12.5. The van der Waals surface area contributed by atoms with E-state index >= 15 is 0 Å². The molecular formula is C42H70NO8P. The van der Waals surface area contributed by atoms with Gasteiger partial charge < -0.3 is 20.1 Å². The fourth-order valence-electron chi connectivity index (χ4n) is 4.63. The molecule has 0 rings (SSSR count). The van der Waals surface area contributed by atoms with E-state index in [1.54, 1.807) is 0 Å². The molecule has 296 valence electrons. The monoisotopic (exact) mass is 747 g/mol. The van der Waals surface area contributed by atoms with Gasteiger partial charge >= 0.3 is 19.8 Å². The van der Waals surface area contributed by atoms with Gasteiger partial charge in [0.2, 0.25) is 0 Å². The fourth-order valence-corrected chi connectivity index (χ4v) is 5.39. The number of phosphoric ester groups is 1. The highest BCUT2D eigenvalue weighted by Crippen LogP contribution is 2.43. The Morgan fingerprint density at radius 2 is 1.08 bits per heavy atom. The molecule has 1 unspecified atom stereocenters. The lowest BCUT2D eigenvalue weighted by Crippen LogP contribution is -2.29. The number of rotatable bonds is 35. The minimum atomic E-state index is -4.39. The molecule has 9 nitrogen and oxygen atoms in total. The van der Waals surface area contributed by atoms with E-state index in [0.717, 1.165) is 83.5 Å². The smallest absolute Gasteiger partial charge is 0.462 e. The average Bonchev–Trinajstić information content (AvgIpc) is 3.13. The Morgan fingerprint density at radius 3 is 1.63 bits per heavy atom. The van der Waals surface area contributed by atoms with Crippen LogP contribution in [0.25, 0.3) is 0 Å². The second-order valence-corrected chi connectivity index (χ2v) is 13.9. The van der Waals surface area contributed by atoms with E-state index in [2.05, 4.69) is 92.8 Å².